The summed E-state index contributed by atoms with van der Waals surface area (Å²) in [4.78, 5) is 14.3. The lowest BCUT2D eigenvalue weighted by atomic mass is 9.93. The van der Waals surface area contributed by atoms with Crippen molar-refractivity contribution in [2.24, 2.45) is 0 Å². The molecule has 19 heavy (non-hydrogen) atoms. The van der Waals surface area contributed by atoms with Crippen molar-refractivity contribution >= 4 is 11.7 Å². The van der Waals surface area contributed by atoms with Crippen LogP contribution in [0.1, 0.15) is 32.6 Å². The van der Waals surface area contributed by atoms with Crippen LogP contribution in [0.2, 0.25) is 0 Å². The van der Waals surface area contributed by atoms with E-state index in [2.05, 4.69) is 12.2 Å². The minimum atomic E-state index is -0.123. The van der Waals surface area contributed by atoms with Crippen LogP contribution in [0.25, 0.3) is 0 Å². The number of para-hydroxylation sites is 1. The lowest BCUT2D eigenvalue weighted by molar-refractivity contribution is 0.151. The highest BCUT2D eigenvalue weighted by Gasteiger charge is 2.38. The van der Waals surface area contributed by atoms with Crippen LogP contribution in [-0.2, 0) is 0 Å². The summed E-state index contributed by atoms with van der Waals surface area (Å²) in [5.74, 6) is 0. The number of carbonyl (C=O) groups is 1. The Balaban J connectivity index is 2.01. The molecule has 1 fully saturated rings. The topological polar surface area (TPSA) is 52.6 Å². The number of benzene rings is 1. The Morgan fingerprint density at radius 2 is 2.16 bits per heavy atom. The van der Waals surface area contributed by atoms with Crippen molar-refractivity contribution in [3.05, 3.63) is 30.3 Å². The van der Waals surface area contributed by atoms with Gasteiger partial charge in [-0.1, -0.05) is 18.2 Å². The zero-order valence-corrected chi connectivity index (χ0v) is 11.4. The second kappa shape index (κ2) is 6.06. The maximum absolute atomic E-state index is 12.3. The average Bonchev–Trinajstić information content (AvgIpc) is 2.80. The summed E-state index contributed by atoms with van der Waals surface area (Å²) in [7, 11) is 0. The third-order valence-corrected chi connectivity index (χ3v) is 3.89. The number of aliphatic hydroxyl groups excluding tert-OH is 1. The van der Waals surface area contributed by atoms with Gasteiger partial charge in [-0.05, 0) is 44.7 Å². The van der Waals surface area contributed by atoms with Crippen LogP contribution < -0.4 is 5.32 Å². The summed E-state index contributed by atoms with van der Waals surface area (Å²) < 4.78 is 0. The number of anilines is 1. The number of nitrogens with zero attached hydrogens (tertiary/aromatic N) is 1. The predicted octanol–water partition coefficient (Wildman–Crippen LogP) is 2.85. The number of hydrogen-bond donors (Lipinski definition) is 2. The first kappa shape index (κ1) is 13.9. The molecule has 2 rings (SSSR count). The Kier molecular flexibility index (Phi) is 4.43. The third-order valence-electron chi connectivity index (χ3n) is 3.89. The van der Waals surface area contributed by atoms with Gasteiger partial charge in [0.15, 0.2) is 0 Å². The van der Waals surface area contributed by atoms with Gasteiger partial charge in [0, 0.05) is 24.4 Å². The molecule has 4 heteroatoms. The fraction of sp³-hybridized carbons (Fsp3) is 0.533. The summed E-state index contributed by atoms with van der Waals surface area (Å²) >= 11 is 0. The number of hydrogen-bond acceptors (Lipinski definition) is 2. The van der Waals surface area contributed by atoms with Gasteiger partial charge in [-0.15, -0.1) is 0 Å². The van der Waals surface area contributed by atoms with E-state index in [4.69, 9.17) is 5.11 Å². The first-order chi connectivity index (χ1) is 9.15. The second-order valence-corrected chi connectivity index (χ2v) is 5.38. The molecule has 1 saturated heterocycles. The number of rotatable bonds is 4. The Morgan fingerprint density at radius 3 is 2.84 bits per heavy atom. The predicted molar refractivity (Wildman–Crippen MR) is 76.1 cm³/mol. The normalized spacial score (nSPS) is 22.5. The summed E-state index contributed by atoms with van der Waals surface area (Å²) in [5.41, 5.74) is 0.700. The monoisotopic (exact) mass is 262 g/mol. The van der Waals surface area contributed by atoms with Gasteiger partial charge in [0.25, 0.3) is 0 Å². The maximum Gasteiger partial charge on any atom is 0.322 e. The van der Waals surface area contributed by atoms with Crippen LogP contribution in [0, 0.1) is 0 Å². The standard InChI is InChI=1S/C15H22N2O2/c1-15(10-6-12-18)9-5-11-17(15)14(19)16-13-7-3-2-4-8-13/h2-4,7-8,18H,5-6,9-12H2,1H3,(H,16,19)/t15-/m0/s1. The molecule has 0 bridgehead atoms. The van der Waals surface area contributed by atoms with E-state index in [1.165, 1.54) is 0 Å². The minimum Gasteiger partial charge on any atom is -0.396 e. The molecule has 1 aromatic rings. The number of urea groups is 1. The van der Waals surface area contributed by atoms with Gasteiger partial charge in [-0.25, -0.2) is 4.79 Å². The van der Waals surface area contributed by atoms with Crippen LogP contribution in [0.4, 0.5) is 10.5 Å². The summed E-state index contributed by atoms with van der Waals surface area (Å²) in [5, 5.41) is 11.9. The molecule has 0 aromatic heterocycles. The number of amides is 2. The third kappa shape index (κ3) is 3.26. The fourth-order valence-corrected chi connectivity index (χ4v) is 2.80. The minimum absolute atomic E-state index is 0.0378. The van der Waals surface area contributed by atoms with Crippen LogP contribution in [0.3, 0.4) is 0 Å². The SMILES string of the molecule is C[C@@]1(CCCO)CCCN1C(=O)Nc1ccccc1. The highest BCUT2D eigenvalue weighted by molar-refractivity contribution is 5.90. The molecule has 0 aliphatic carbocycles. The molecule has 1 heterocycles. The molecule has 4 nitrogen and oxygen atoms in total. The Hall–Kier alpha value is -1.55. The van der Waals surface area contributed by atoms with Crippen LogP contribution in [0.15, 0.2) is 30.3 Å². The van der Waals surface area contributed by atoms with Crippen molar-refractivity contribution in [3.63, 3.8) is 0 Å². The molecule has 2 amide bonds. The molecule has 2 N–H and O–H groups in total. The van der Waals surface area contributed by atoms with Crippen molar-refractivity contribution in [1.29, 1.82) is 0 Å². The molecular formula is C15H22N2O2. The summed E-state index contributed by atoms with van der Waals surface area (Å²) in [6.07, 6.45) is 3.64. The van der Waals surface area contributed by atoms with Gasteiger partial charge < -0.3 is 15.3 Å². The lowest BCUT2D eigenvalue weighted by Crippen LogP contribution is -2.47. The van der Waals surface area contributed by atoms with E-state index in [1.807, 2.05) is 35.2 Å². The van der Waals surface area contributed by atoms with Gasteiger partial charge in [0.05, 0.1) is 0 Å². The summed E-state index contributed by atoms with van der Waals surface area (Å²) in [6, 6.07) is 9.48. The Bertz CT molecular complexity index is 421. The Morgan fingerprint density at radius 1 is 1.42 bits per heavy atom. The molecular weight excluding hydrogens is 240 g/mol. The van der Waals surface area contributed by atoms with E-state index in [9.17, 15) is 4.79 Å². The molecule has 0 unspecified atom stereocenters. The van der Waals surface area contributed by atoms with Gasteiger partial charge >= 0.3 is 6.03 Å². The summed E-state index contributed by atoms with van der Waals surface area (Å²) in [6.45, 7) is 3.09. The van der Waals surface area contributed by atoms with E-state index in [-0.39, 0.29) is 18.2 Å². The van der Waals surface area contributed by atoms with E-state index in [1.54, 1.807) is 0 Å². The van der Waals surface area contributed by atoms with Crippen LogP contribution in [-0.4, -0.2) is 34.7 Å². The first-order valence-electron chi connectivity index (χ1n) is 6.90. The zero-order valence-electron chi connectivity index (χ0n) is 11.4. The number of nitrogens with one attached hydrogen (secondary N) is 1. The van der Waals surface area contributed by atoms with Crippen LogP contribution in [0.5, 0.6) is 0 Å². The lowest BCUT2D eigenvalue weighted by Gasteiger charge is -2.35. The van der Waals surface area contributed by atoms with Crippen molar-refractivity contribution < 1.29 is 9.90 Å². The van der Waals surface area contributed by atoms with E-state index >= 15 is 0 Å². The molecule has 104 valence electrons. The first-order valence-corrected chi connectivity index (χ1v) is 6.90. The molecule has 1 atom stereocenters. The zero-order chi connectivity index (χ0) is 13.7. The van der Waals surface area contributed by atoms with Gasteiger partial charge in [-0.3, -0.25) is 0 Å². The molecule has 0 spiro atoms. The van der Waals surface area contributed by atoms with Crippen molar-refractivity contribution in [2.45, 2.75) is 38.1 Å². The Labute approximate surface area is 114 Å². The van der Waals surface area contributed by atoms with Gasteiger partial charge in [0.2, 0.25) is 0 Å². The van der Waals surface area contributed by atoms with Gasteiger partial charge in [0.1, 0.15) is 0 Å². The highest BCUT2D eigenvalue weighted by atomic mass is 16.3. The molecule has 0 radical (unpaired) electrons. The number of carbonyl (C=O) groups excluding carboxylic acids is 1. The van der Waals surface area contributed by atoms with E-state index in [0.717, 1.165) is 37.9 Å². The molecule has 1 aliphatic rings. The molecule has 0 saturated carbocycles. The second-order valence-electron chi connectivity index (χ2n) is 5.38. The largest absolute Gasteiger partial charge is 0.396 e. The van der Waals surface area contributed by atoms with Gasteiger partial charge in [-0.2, -0.15) is 0 Å². The maximum atomic E-state index is 12.3. The van der Waals surface area contributed by atoms with Crippen molar-refractivity contribution in [2.75, 3.05) is 18.5 Å². The highest BCUT2D eigenvalue weighted by Crippen LogP contribution is 2.33. The average molecular weight is 262 g/mol. The van der Waals surface area contributed by atoms with Crippen molar-refractivity contribution in [3.8, 4) is 0 Å². The van der Waals surface area contributed by atoms with E-state index < -0.39 is 0 Å². The van der Waals surface area contributed by atoms with Crippen molar-refractivity contribution in [1.82, 2.24) is 4.90 Å². The smallest absolute Gasteiger partial charge is 0.322 e. The fourth-order valence-electron chi connectivity index (χ4n) is 2.80. The molecule has 1 aliphatic heterocycles. The molecule has 1 aromatic carbocycles. The van der Waals surface area contributed by atoms with Crippen LogP contribution >= 0.6 is 0 Å². The van der Waals surface area contributed by atoms with E-state index in [0.29, 0.717) is 0 Å². The number of likely N-dealkylation sites (tertiary alicyclic amines) is 1. The number of aliphatic hydroxyl groups is 1. The quantitative estimate of drug-likeness (QED) is 0.876.